The monoisotopic (exact) mass is 276 g/mol. The molecule has 2 aromatic carbocycles. The van der Waals surface area contributed by atoms with E-state index in [-0.39, 0.29) is 0 Å². The van der Waals surface area contributed by atoms with Crippen molar-refractivity contribution in [1.29, 1.82) is 0 Å². The number of hydrogen-bond acceptors (Lipinski definition) is 2. The lowest BCUT2D eigenvalue weighted by molar-refractivity contribution is 0.520. The van der Waals surface area contributed by atoms with Gasteiger partial charge in [0.15, 0.2) is 0 Å². The van der Waals surface area contributed by atoms with E-state index < -0.39 is 0 Å². The number of fused-ring (bicyclic) bond motifs is 1. The van der Waals surface area contributed by atoms with Crippen molar-refractivity contribution in [2.75, 3.05) is 0 Å². The smallest absolute Gasteiger partial charge is 0.0346 e. The molecule has 106 valence electrons. The lowest BCUT2D eigenvalue weighted by Crippen LogP contribution is -2.20. The van der Waals surface area contributed by atoms with Gasteiger partial charge in [-0.1, -0.05) is 55.5 Å². The number of rotatable bonds is 5. The van der Waals surface area contributed by atoms with Crippen LogP contribution in [0.5, 0.6) is 0 Å². The Morgan fingerprint density at radius 3 is 2.67 bits per heavy atom. The van der Waals surface area contributed by atoms with Crippen LogP contribution in [0.2, 0.25) is 0 Å². The van der Waals surface area contributed by atoms with Crippen molar-refractivity contribution in [2.45, 2.75) is 25.9 Å². The summed E-state index contributed by atoms with van der Waals surface area (Å²) in [5, 5.41) is 6.15. The summed E-state index contributed by atoms with van der Waals surface area (Å²) in [6, 6.07) is 19.5. The zero-order chi connectivity index (χ0) is 14.5. The Morgan fingerprint density at radius 2 is 1.86 bits per heavy atom. The first-order valence-corrected chi connectivity index (χ1v) is 7.48. The number of aromatic nitrogens is 1. The van der Waals surface area contributed by atoms with E-state index in [1.807, 2.05) is 12.4 Å². The normalized spacial score (nSPS) is 12.4. The summed E-state index contributed by atoms with van der Waals surface area (Å²) in [4.78, 5) is 4.19. The van der Waals surface area contributed by atoms with Gasteiger partial charge in [-0.15, -0.1) is 0 Å². The molecule has 0 aliphatic carbocycles. The van der Waals surface area contributed by atoms with Crippen molar-refractivity contribution in [3.8, 4) is 0 Å². The first-order chi connectivity index (χ1) is 10.4. The third-order valence-corrected chi connectivity index (χ3v) is 3.92. The molecular weight excluding hydrogens is 256 g/mol. The highest BCUT2D eigenvalue weighted by atomic mass is 14.9. The predicted molar refractivity (Wildman–Crippen MR) is 88.1 cm³/mol. The second-order valence-corrected chi connectivity index (χ2v) is 5.27. The van der Waals surface area contributed by atoms with Crippen LogP contribution in [0.15, 0.2) is 67.0 Å². The van der Waals surface area contributed by atoms with E-state index in [1.165, 1.54) is 21.9 Å². The minimum Gasteiger partial charge on any atom is -0.306 e. The van der Waals surface area contributed by atoms with Crippen LogP contribution in [0.1, 0.15) is 30.5 Å². The van der Waals surface area contributed by atoms with Crippen LogP contribution in [0.4, 0.5) is 0 Å². The van der Waals surface area contributed by atoms with Gasteiger partial charge in [0, 0.05) is 30.4 Å². The fraction of sp³-hybridized carbons (Fsp3) is 0.211. The van der Waals surface area contributed by atoms with Gasteiger partial charge < -0.3 is 5.32 Å². The molecule has 2 nitrogen and oxygen atoms in total. The number of nitrogens with zero attached hydrogens (tertiary/aromatic N) is 1. The molecule has 0 spiro atoms. The minimum absolute atomic E-state index is 0.392. The van der Waals surface area contributed by atoms with Crippen LogP contribution in [0.25, 0.3) is 10.8 Å². The van der Waals surface area contributed by atoms with Crippen LogP contribution >= 0.6 is 0 Å². The van der Waals surface area contributed by atoms with Gasteiger partial charge in [0.1, 0.15) is 0 Å². The molecule has 1 atom stereocenters. The van der Waals surface area contributed by atoms with Crippen LogP contribution < -0.4 is 5.32 Å². The first-order valence-electron chi connectivity index (χ1n) is 7.48. The second-order valence-electron chi connectivity index (χ2n) is 5.27. The van der Waals surface area contributed by atoms with Gasteiger partial charge in [-0.05, 0) is 29.0 Å². The first kappa shape index (κ1) is 13.8. The third-order valence-electron chi connectivity index (χ3n) is 3.92. The third kappa shape index (κ3) is 3.11. The maximum Gasteiger partial charge on any atom is 0.0346 e. The molecule has 3 rings (SSSR count). The molecule has 1 aromatic heterocycles. The highest BCUT2D eigenvalue weighted by Gasteiger charge is 2.09. The molecule has 0 aliphatic rings. The fourth-order valence-corrected chi connectivity index (χ4v) is 2.76. The number of hydrogen-bond donors (Lipinski definition) is 1. The van der Waals surface area contributed by atoms with Gasteiger partial charge in [-0.3, -0.25) is 4.98 Å². The number of benzene rings is 2. The largest absolute Gasteiger partial charge is 0.306 e. The van der Waals surface area contributed by atoms with Crippen LogP contribution in [-0.4, -0.2) is 4.98 Å². The topological polar surface area (TPSA) is 24.9 Å². The second kappa shape index (κ2) is 6.51. The van der Waals surface area contributed by atoms with Crippen molar-refractivity contribution < 1.29 is 0 Å². The van der Waals surface area contributed by atoms with E-state index in [0.717, 1.165) is 13.0 Å². The van der Waals surface area contributed by atoms with Crippen LogP contribution in [0.3, 0.4) is 0 Å². The Balaban J connectivity index is 1.79. The van der Waals surface area contributed by atoms with Crippen LogP contribution in [0, 0.1) is 0 Å². The molecule has 0 aliphatic heterocycles. The quantitative estimate of drug-likeness (QED) is 0.743. The molecular formula is C19H20N2. The molecule has 0 radical (unpaired) electrons. The van der Waals surface area contributed by atoms with Gasteiger partial charge in [0.2, 0.25) is 0 Å². The molecule has 0 saturated heterocycles. The van der Waals surface area contributed by atoms with Crippen molar-refractivity contribution >= 4 is 10.8 Å². The van der Waals surface area contributed by atoms with Gasteiger partial charge in [-0.25, -0.2) is 0 Å². The fourth-order valence-electron chi connectivity index (χ4n) is 2.76. The van der Waals surface area contributed by atoms with E-state index in [9.17, 15) is 0 Å². The highest BCUT2D eigenvalue weighted by Crippen LogP contribution is 2.20. The maximum absolute atomic E-state index is 4.19. The Morgan fingerprint density at radius 1 is 1.00 bits per heavy atom. The summed E-state index contributed by atoms with van der Waals surface area (Å²) in [5.41, 5.74) is 2.67. The molecule has 0 fully saturated rings. The number of pyridine rings is 1. The van der Waals surface area contributed by atoms with Crippen molar-refractivity contribution in [3.63, 3.8) is 0 Å². The van der Waals surface area contributed by atoms with Gasteiger partial charge in [0.05, 0.1) is 0 Å². The lowest BCUT2D eigenvalue weighted by atomic mass is 10.0. The van der Waals surface area contributed by atoms with Gasteiger partial charge in [0.25, 0.3) is 0 Å². The molecule has 3 aromatic rings. The average Bonchev–Trinajstić information content (AvgIpc) is 2.56. The Hall–Kier alpha value is -2.19. The summed E-state index contributed by atoms with van der Waals surface area (Å²) < 4.78 is 0. The Kier molecular flexibility index (Phi) is 4.27. The van der Waals surface area contributed by atoms with Crippen LogP contribution in [-0.2, 0) is 6.54 Å². The van der Waals surface area contributed by atoms with E-state index in [1.54, 1.807) is 0 Å². The van der Waals surface area contributed by atoms with Crippen molar-refractivity contribution in [2.24, 2.45) is 0 Å². The molecule has 2 heteroatoms. The highest BCUT2D eigenvalue weighted by molar-refractivity contribution is 5.84. The van der Waals surface area contributed by atoms with E-state index in [4.69, 9.17) is 0 Å². The zero-order valence-corrected chi connectivity index (χ0v) is 12.3. The maximum atomic E-state index is 4.19. The lowest BCUT2D eigenvalue weighted by Gasteiger charge is -2.18. The molecule has 21 heavy (non-hydrogen) atoms. The Labute approximate surface area is 125 Å². The van der Waals surface area contributed by atoms with E-state index in [2.05, 4.69) is 71.8 Å². The number of nitrogens with one attached hydrogen (secondary N) is 1. The summed E-state index contributed by atoms with van der Waals surface area (Å²) >= 11 is 0. The molecule has 1 N–H and O–H groups in total. The summed E-state index contributed by atoms with van der Waals surface area (Å²) in [6.45, 7) is 3.09. The van der Waals surface area contributed by atoms with E-state index >= 15 is 0 Å². The average molecular weight is 276 g/mol. The van der Waals surface area contributed by atoms with Crippen molar-refractivity contribution in [3.05, 3.63) is 78.1 Å². The summed E-state index contributed by atoms with van der Waals surface area (Å²) in [7, 11) is 0. The van der Waals surface area contributed by atoms with Crippen molar-refractivity contribution in [1.82, 2.24) is 10.3 Å². The summed E-state index contributed by atoms with van der Waals surface area (Å²) in [5.74, 6) is 0. The molecule has 1 unspecified atom stereocenters. The van der Waals surface area contributed by atoms with Gasteiger partial charge in [-0.2, -0.15) is 0 Å². The summed E-state index contributed by atoms with van der Waals surface area (Å²) in [6.07, 6.45) is 4.87. The SMILES string of the molecule is CCC(NCc1cccc2cnccc12)c1ccccc1. The molecule has 1 heterocycles. The molecule has 0 saturated carbocycles. The molecule has 0 bridgehead atoms. The minimum atomic E-state index is 0.392. The van der Waals surface area contributed by atoms with E-state index in [0.29, 0.717) is 6.04 Å². The van der Waals surface area contributed by atoms with Gasteiger partial charge >= 0.3 is 0 Å². The standard InChI is InChI=1S/C19H20N2/c1-2-19(15-7-4-3-5-8-15)21-14-17-10-6-9-16-13-20-12-11-18(16)17/h3-13,19,21H,2,14H2,1H3. The Bertz CT molecular complexity index is 702. The predicted octanol–water partition coefficient (Wildman–Crippen LogP) is 4.48. The zero-order valence-electron chi connectivity index (χ0n) is 12.3. The molecule has 0 amide bonds.